The van der Waals surface area contributed by atoms with Crippen LogP contribution in [0, 0.1) is 0 Å². The van der Waals surface area contributed by atoms with Gasteiger partial charge in [0.2, 0.25) is 0 Å². The van der Waals surface area contributed by atoms with Crippen molar-refractivity contribution in [1.82, 2.24) is 0 Å². The molecule has 5 heterocycles. The van der Waals surface area contributed by atoms with E-state index in [1.54, 1.807) is 6.08 Å². The van der Waals surface area contributed by atoms with Crippen molar-refractivity contribution in [3.8, 4) is 0 Å². The van der Waals surface area contributed by atoms with Crippen molar-refractivity contribution in [3.05, 3.63) is 36.5 Å². The maximum Gasteiger partial charge on any atom is 0.113 e. The van der Waals surface area contributed by atoms with E-state index >= 15 is 0 Å². The van der Waals surface area contributed by atoms with E-state index in [4.69, 9.17) is 23.7 Å². The van der Waals surface area contributed by atoms with Gasteiger partial charge in [0.05, 0.1) is 37.6 Å². The molecule has 1 unspecified atom stereocenters. The van der Waals surface area contributed by atoms with E-state index in [0.29, 0.717) is 25.9 Å². The molecule has 0 aromatic carbocycles. The molecule has 5 aliphatic heterocycles. The first kappa shape index (κ1) is 20.8. The summed E-state index contributed by atoms with van der Waals surface area (Å²) >= 11 is 0. The Labute approximate surface area is 175 Å². The summed E-state index contributed by atoms with van der Waals surface area (Å²) < 4.78 is 30.7. The van der Waals surface area contributed by atoms with Crippen molar-refractivity contribution in [2.24, 2.45) is 0 Å². The van der Waals surface area contributed by atoms with Gasteiger partial charge in [0.15, 0.2) is 0 Å². The van der Waals surface area contributed by atoms with Crippen LogP contribution < -0.4 is 0 Å². The number of aliphatic hydroxyl groups excluding tert-OH is 3. The number of hydrogen-bond acceptors (Lipinski definition) is 8. The predicted octanol–water partition coefficient (Wildman–Crippen LogP) is 0.00780. The molecule has 5 rings (SSSR count). The van der Waals surface area contributed by atoms with Crippen LogP contribution in [-0.4, -0.2) is 95.7 Å². The van der Waals surface area contributed by atoms with Crippen molar-refractivity contribution in [1.29, 1.82) is 0 Å². The molecule has 0 radical (unpaired) electrons. The van der Waals surface area contributed by atoms with E-state index in [9.17, 15) is 15.3 Å². The summed E-state index contributed by atoms with van der Waals surface area (Å²) in [5.41, 5.74) is 0. The lowest BCUT2D eigenvalue weighted by Gasteiger charge is -2.49. The maximum atomic E-state index is 10.9. The third kappa shape index (κ3) is 3.91. The normalized spacial score (nSPS) is 51.8. The van der Waals surface area contributed by atoms with Gasteiger partial charge in [-0.15, -0.1) is 0 Å². The summed E-state index contributed by atoms with van der Waals surface area (Å²) in [5, 5.41) is 30.6. The molecule has 2 saturated heterocycles. The third-order valence-electron chi connectivity index (χ3n) is 6.62. The molecular weight excluding hydrogens is 392 g/mol. The molecule has 0 amide bonds. The fraction of sp³-hybridized carbons (Fsp3) is 0.727. The fourth-order valence-corrected chi connectivity index (χ4v) is 5.04. The molecule has 0 aromatic rings. The lowest BCUT2D eigenvalue weighted by molar-refractivity contribution is -0.286. The molecule has 0 bridgehead atoms. The zero-order valence-electron chi connectivity index (χ0n) is 16.7. The Hall–Kier alpha value is -1.10. The van der Waals surface area contributed by atoms with Gasteiger partial charge in [-0.25, -0.2) is 0 Å². The molecule has 166 valence electrons. The van der Waals surface area contributed by atoms with Gasteiger partial charge in [0.25, 0.3) is 0 Å². The Morgan fingerprint density at radius 1 is 0.733 bits per heavy atom. The van der Waals surface area contributed by atoms with Crippen LogP contribution in [0.3, 0.4) is 0 Å². The highest BCUT2D eigenvalue weighted by atomic mass is 16.6. The second-order valence-corrected chi connectivity index (χ2v) is 8.58. The highest BCUT2D eigenvalue weighted by Gasteiger charge is 2.52. The molecule has 11 atom stereocenters. The van der Waals surface area contributed by atoms with Gasteiger partial charge in [0, 0.05) is 6.42 Å². The quantitative estimate of drug-likeness (QED) is 0.508. The van der Waals surface area contributed by atoms with Crippen LogP contribution >= 0.6 is 0 Å². The summed E-state index contributed by atoms with van der Waals surface area (Å²) in [6.07, 6.45) is 8.18. The van der Waals surface area contributed by atoms with E-state index in [1.165, 1.54) is 0 Å². The van der Waals surface area contributed by atoms with Gasteiger partial charge >= 0.3 is 0 Å². The van der Waals surface area contributed by atoms with Gasteiger partial charge in [-0.2, -0.15) is 0 Å². The monoisotopic (exact) mass is 422 g/mol. The van der Waals surface area contributed by atoms with E-state index in [0.717, 1.165) is 0 Å². The van der Waals surface area contributed by atoms with Gasteiger partial charge < -0.3 is 39.0 Å². The number of rotatable bonds is 1. The topological polar surface area (TPSA) is 107 Å². The molecule has 30 heavy (non-hydrogen) atoms. The van der Waals surface area contributed by atoms with Crippen LogP contribution in [0.1, 0.15) is 19.3 Å². The molecule has 0 spiro atoms. The molecule has 2 fully saturated rings. The zero-order chi connectivity index (χ0) is 20.7. The molecular formula is C22H30O8. The summed E-state index contributed by atoms with van der Waals surface area (Å²) in [6.45, 7) is 0.174. The summed E-state index contributed by atoms with van der Waals surface area (Å²) in [6, 6.07) is 0. The Balaban J connectivity index is 1.34. The first-order valence-electron chi connectivity index (χ1n) is 10.8. The zero-order valence-corrected chi connectivity index (χ0v) is 16.7. The highest BCUT2D eigenvalue weighted by molar-refractivity contribution is 5.12. The first-order valence-corrected chi connectivity index (χ1v) is 10.8. The predicted molar refractivity (Wildman–Crippen MR) is 105 cm³/mol. The molecule has 3 N–H and O–H groups in total. The Morgan fingerprint density at radius 2 is 1.50 bits per heavy atom. The fourth-order valence-electron chi connectivity index (χ4n) is 5.04. The highest BCUT2D eigenvalue weighted by Crippen LogP contribution is 2.38. The first-order chi connectivity index (χ1) is 14.6. The Kier molecular flexibility index (Phi) is 6.10. The summed E-state index contributed by atoms with van der Waals surface area (Å²) in [7, 11) is 0. The van der Waals surface area contributed by atoms with Crippen LogP contribution in [-0.2, 0) is 23.7 Å². The summed E-state index contributed by atoms with van der Waals surface area (Å²) in [4.78, 5) is 0. The summed E-state index contributed by atoms with van der Waals surface area (Å²) in [5.74, 6) is 0. The van der Waals surface area contributed by atoms with Crippen molar-refractivity contribution < 1.29 is 39.0 Å². The average molecular weight is 422 g/mol. The van der Waals surface area contributed by atoms with Crippen molar-refractivity contribution in [3.63, 3.8) is 0 Å². The molecule has 0 aromatic heterocycles. The van der Waals surface area contributed by atoms with Crippen LogP contribution in [0.4, 0.5) is 0 Å². The van der Waals surface area contributed by atoms with Crippen molar-refractivity contribution in [2.45, 2.75) is 86.4 Å². The van der Waals surface area contributed by atoms with Gasteiger partial charge in [0.1, 0.15) is 42.7 Å². The minimum atomic E-state index is -0.862. The standard InChI is InChI=1S/C22H30O8/c23-11-19-12(24)4-3-6-13-14(28-19)7-8-15-17(27-13)10-18-22(30-15)20(25)21-16(29-18)5-1-2-9-26-21/h1-4,7-8,12-25H,5-6,9-11H2/b4-3-/t12?,13-,14+,15-,16+,17+,18-,19-,20-,21+,22-/m1/s1. The lowest BCUT2D eigenvalue weighted by Crippen LogP contribution is -2.63. The average Bonchev–Trinajstić information content (AvgIpc) is 3.06. The maximum absolute atomic E-state index is 10.9. The number of ether oxygens (including phenoxy) is 5. The van der Waals surface area contributed by atoms with Crippen molar-refractivity contribution >= 4 is 0 Å². The molecule has 0 saturated carbocycles. The van der Waals surface area contributed by atoms with Crippen LogP contribution in [0.2, 0.25) is 0 Å². The smallest absolute Gasteiger partial charge is 0.113 e. The largest absolute Gasteiger partial charge is 0.394 e. The third-order valence-corrected chi connectivity index (χ3v) is 6.62. The van der Waals surface area contributed by atoms with E-state index in [1.807, 2.05) is 30.4 Å². The van der Waals surface area contributed by atoms with Crippen LogP contribution in [0.25, 0.3) is 0 Å². The molecule has 8 heteroatoms. The van der Waals surface area contributed by atoms with Crippen LogP contribution in [0.5, 0.6) is 0 Å². The molecule has 8 nitrogen and oxygen atoms in total. The van der Waals surface area contributed by atoms with Crippen molar-refractivity contribution in [2.75, 3.05) is 13.2 Å². The molecule has 5 aliphatic rings. The number of fused-ring (bicyclic) bond motifs is 4. The van der Waals surface area contributed by atoms with Gasteiger partial charge in [-0.1, -0.05) is 36.5 Å². The minimum Gasteiger partial charge on any atom is -0.394 e. The second kappa shape index (κ2) is 8.80. The number of hydrogen-bond donors (Lipinski definition) is 3. The minimum absolute atomic E-state index is 0.200. The SMILES string of the molecule is OC[C@H]1O[C@H]2C=C[C@H]3O[C@H]4[C@H](O)[C@H]5OCC=CC[C@@H]5O[C@@H]4C[C@@H]3O[C@@H]2C/C=C\C1O. The number of aliphatic hydroxyl groups is 3. The lowest BCUT2D eigenvalue weighted by atomic mass is 9.87. The van der Waals surface area contributed by atoms with E-state index in [2.05, 4.69) is 0 Å². The second-order valence-electron chi connectivity index (χ2n) is 8.58. The Morgan fingerprint density at radius 3 is 2.33 bits per heavy atom. The van der Waals surface area contributed by atoms with Gasteiger partial charge in [-0.3, -0.25) is 0 Å². The van der Waals surface area contributed by atoms with E-state index < -0.39 is 36.6 Å². The van der Waals surface area contributed by atoms with Gasteiger partial charge in [-0.05, 0) is 12.8 Å². The molecule has 0 aliphatic carbocycles. The van der Waals surface area contributed by atoms with Crippen LogP contribution in [0.15, 0.2) is 36.5 Å². The Bertz CT molecular complexity index is 693. The van der Waals surface area contributed by atoms with E-state index in [-0.39, 0.29) is 37.1 Å².